The fourth-order valence-electron chi connectivity index (χ4n) is 2.10. The zero-order chi connectivity index (χ0) is 12.3. The van der Waals surface area contributed by atoms with Gasteiger partial charge in [0, 0.05) is 12.8 Å². The van der Waals surface area contributed by atoms with Crippen LogP contribution in [0.15, 0.2) is 0 Å². The van der Waals surface area contributed by atoms with Crippen molar-refractivity contribution in [2.75, 3.05) is 6.67 Å². The molecular weight excluding hydrogens is 213 g/mol. The maximum absolute atomic E-state index is 13.0. The highest BCUT2D eigenvalue weighted by atomic mass is 19.1. The minimum absolute atomic E-state index is 0.323. The topological polar surface area (TPSA) is 59.3 Å². The van der Waals surface area contributed by atoms with Crippen molar-refractivity contribution in [3.63, 3.8) is 0 Å². The van der Waals surface area contributed by atoms with Gasteiger partial charge in [-0.3, -0.25) is 4.79 Å². The van der Waals surface area contributed by atoms with Gasteiger partial charge in [-0.05, 0) is 6.42 Å². The maximum Gasteiger partial charge on any atom is 0.303 e. The number of hydrogen-bond donors (Lipinski definition) is 0. The van der Waals surface area contributed by atoms with E-state index < -0.39 is 30.5 Å². The highest BCUT2D eigenvalue weighted by molar-refractivity contribution is 5.66. The van der Waals surface area contributed by atoms with Crippen LogP contribution in [0.3, 0.4) is 0 Å². The Labute approximate surface area is 94.3 Å². The van der Waals surface area contributed by atoms with Gasteiger partial charge in [0.2, 0.25) is 0 Å². The normalized spacial score (nSPS) is 38.1. The summed E-state index contributed by atoms with van der Waals surface area (Å²) in [7, 11) is 0. The summed E-state index contributed by atoms with van der Waals surface area (Å²) >= 11 is 0. The quantitative estimate of drug-likeness (QED) is 0.689. The van der Waals surface area contributed by atoms with Crippen LogP contribution in [0.25, 0.3) is 0 Å². The van der Waals surface area contributed by atoms with Crippen LogP contribution >= 0.6 is 0 Å². The first-order valence-corrected chi connectivity index (χ1v) is 5.31. The van der Waals surface area contributed by atoms with Gasteiger partial charge in [-0.2, -0.15) is 5.26 Å². The van der Waals surface area contributed by atoms with Crippen LogP contribution in [-0.2, 0) is 14.3 Å². The summed E-state index contributed by atoms with van der Waals surface area (Å²) in [4.78, 5) is 10.9. The second-order valence-electron chi connectivity index (χ2n) is 4.08. The Balaban J connectivity index is 2.93. The average molecular weight is 229 g/mol. The van der Waals surface area contributed by atoms with Crippen molar-refractivity contribution >= 4 is 5.97 Å². The molecule has 90 valence electrons. The van der Waals surface area contributed by atoms with Crippen LogP contribution < -0.4 is 0 Å². The number of ether oxygens (including phenoxy) is 2. The molecule has 0 aromatic rings. The largest absolute Gasteiger partial charge is 0.458 e. The number of rotatable bonds is 3. The SMILES string of the molecule is CC[C@@]1(CF)O[C@@H](C#N)[C@H](OC(C)=O)[C@@H]1C. The van der Waals surface area contributed by atoms with Gasteiger partial charge < -0.3 is 9.47 Å². The Morgan fingerprint density at radius 2 is 2.31 bits per heavy atom. The molecule has 4 nitrogen and oxygen atoms in total. The van der Waals surface area contributed by atoms with Gasteiger partial charge >= 0.3 is 5.97 Å². The number of halogens is 1. The molecule has 0 aromatic heterocycles. The number of nitriles is 1. The molecule has 0 aromatic carbocycles. The predicted molar refractivity (Wildman–Crippen MR) is 54.2 cm³/mol. The van der Waals surface area contributed by atoms with Gasteiger partial charge in [0.05, 0.1) is 6.07 Å². The lowest BCUT2D eigenvalue weighted by Crippen LogP contribution is -2.39. The Hall–Kier alpha value is -1.15. The van der Waals surface area contributed by atoms with Gasteiger partial charge in [-0.25, -0.2) is 4.39 Å². The van der Waals surface area contributed by atoms with Crippen molar-refractivity contribution in [1.29, 1.82) is 5.26 Å². The van der Waals surface area contributed by atoms with Gasteiger partial charge in [-0.1, -0.05) is 13.8 Å². The van der Waals surface area contributed by atoms with E-state index in [1.807, 2.05) is 6.07 Å². The van der Waals surface area contributed by atoms with E-state index in [1.54, 1.807) is 13.8 Å². The Morgan fingerprint density at radius 1 is 1.69 bits per heavy atom. The van der Waals surface area contributed by atoms with Crippen LogP contribution in [-0.4, -0.2) is 30.5 Å². The molecule has 0 amide bonds. The predicted octanol–water partition coefficient (Wildman–Crippen LogP) is 1.59. The van der Waals surface area contributed by atoms with E-state index in [4.69, 9.17) is 14.7 Å². The molecule has 0 aliphatic carbocycles. The van der Waals surface area contributed by atoms with E-state index in [1.165, 1.54) is 6.92 Å². The van der Waals surface area contributed by atoms with Crippen LogP contribution in [0.2, 0.25) is 0 Å². The summed E-state index contributed by atoms with van der Waals surface area (Å²) in [5, 5.41) is 8.90. The number of carbonyl (C=O) groups excluding carboxylic acids is 1. The molecule has 1 aliphatic heterocycles. The zero-order valence-electron chi connectivity index (χ0n) is 9.70. The summed E-state index contributed by atoms with van der Waals surface area (Å²) in [6.45, 7) is 4.12. The third-order valence-corrected chi connectivity index (χ3v) is 3.24. The molecule has 0 unspecified atom stereocenters. The average Bonchev–Trinajstić information content (AvgIpc) is 2.53. The number of alkyl halides is 1. The molecule has 0 saturated carbocycles. The fourth-order valence-corrected chi connectivity index (χ4v) is 2.10. The van der Waals surface area contributed by atoms with Crippen LogP contribution in [0.4, 0.5) is 4.39 Å². The van der Waals surface area contributed by atoms with Crippen molar-refractivity contribution in [2.24, 2.45) is 5.92 Å². The lowest BCUT2D eigenvalue weighted by molar-refractivity contribution is -0.149. The first-order chi connectivity index (χ1) is 7.50. The van der Waals surface area contributed by atoms with E-state index >= 15 is 0 Å². The summed E-state index contributed by atoms with van der Waals surface area (Å²) in [5.41, 5.74) is -0.999. The molecule has 16 heavy (non-hydrogen) atoms. The number of carbonyl (C=O) groups is 1. The second-order valence-corrected chi connectivity index (χ2v) is 4.08. The highest BCUT2D eigenvalue weighted by Crippen LogP contribution is 2.40. The molecular formula is C11H16FNO3. The molecule has 1 rings (SSSR count). The maximum atomic E-state index is 13.0. The summed E-state index contributed by atoms with van der Waals surface area (Å²) in [6, 6.07) is 1.91. The number of nitrogens with zero attached hydrogens (tertiary/aromatic N) is 1. The van der Waals surface area contributed by atoms with Crippen molar-refractivity contribution in [3.8, 4) is 6.07 Å². The number of hydrogen-bond acceptors (Lipinski definition) is 4. The fraction of sp³-hybridized carbons (Fsp3) is 0.818. The third-order valence-electron chi connectivity index (χ3n) is 3.24. The standard InChI is InChI=1S/C11H16FNO3/c1-4-11(6-12)7(2)10(15-8(3)14)9(5-13)16-11/h7,9-10H,4,6H2,1-3H3/t7-,9-,10+,11-/m0/s1. The molecule has 0 radical (unpaired) electrons. The van der Waals surface area contributed by atoms with E-state index in [9.17, 15) is 9.18 Å². The lowest BCUT2D eigenvalue weighted by Gasteiger charge is -2.28. The van der Waals surface area contributed by atoms with Crippen molar-refractivity contribution in [2.45, 2.75) is 45.0 Å². The highest BCUT2D eigenvalue weighted by Gasteiger charge is 2.53. The molecule has 0 bridgehead atoms. The third kappa shape index (κ3) is 2.03. The van der Waals surface area contributed by atoms with E-state index in [2.05, 4.69) is 0 Å². The summed E-state index contributed by atoms with van der Waals surface area (Å²) in [5.74, 6) is -0.803. The smallest absolute Gasteiger partial charge is 0.303 e. The van der Waals surface area contributed by atoms with E-state index in [0.717, 1.165) is 0 Å². The van der Waals surface area contributed by atoms with Gasteiger partial charge in [0.15, 0.2) is 6.10 Å². The molecule has 1 saturated heterocycles. The minimum Gasteiger partial charge on any atom is -0.458 e. The number of esters is 1. The molecule has 1 fully saturated rings. The van der Waals surface area contributed by atoms with Crippen molar-refractivity contribution in [3.05, 3.63) is 0 Å². The molecule has 4 atom stereocenters. The first-order valence-electron chi connectivity index (χ1n) is 5.31. The Kier molecular flexibility index (Phi) is 3.87. The van der Waals surface area contributed by atoms with Gasteiger partial charge in [-0.15, -0.1) is 0 Å². The monoisotopic (exact) mass is 229 g/mol. The Morgan fingerprint density at radius 3 is 2.69 bits per heavy atom. The van der Waals surface area contributed by atoms with Crippen molar-refractivity contribution in [1.82, 2.24) is 0 Å². The summed E-state index contributed by atoms with van der Waals surface area (Å²) in [6.07, 6.45) is -1.12. The molecule has 1 heterocycles. The van der Waals surface area contributed by atoms with Gasteiger partial charge in [0.1, 0.15) is 18.4 Å². The zero-order valence-corrected chi connectivity index (χ0v) is 9.70. The Bertz CT molecular complexity index is 309. The van der Waals surface area contributed by atoms with Crippen LogP contribution in [0.5, 0.6) is 0 Å². The molecule has 5 heteroatoms. The van der Waals surface area contributed by atoms with Gasteiger partial charge in [0.25, 0.3) is 0 Å². The van der Waals surface area contributed by atoms with Crippen LogP contribution in [0, 0.1) is 17.2 Å². The molecule has 1 aliphatic rings. The lowest BCUT2D eigenvalue weighted by atomic mass is 9.85. The molecule has 0 spiro atoms. The second kappa shape index (κ2) is 4.79. The van der Waals surface area contributed by atoms with Crippen LogP contribution in [0.1, 0.15) is 27.2 Å². The summed E-state index contributed by atoms with van der Waals surface area (Å²) < 4.78 is 23.5. The van der Waals surface area contributed by atoms with E-state index in [-0.39, 0.29) is 5.92 Å². The first kappa shape index (κ1) is 12.9. The molecule has 0 N–H and O–H groups in total. The minimum atomic E-state index is -0.999. The van der Waals surface area contributed by atoms with E-state index in [0.29, 0.717) is 6.42 Å². The van der Waals surface area contributed by atoms with Crippen molar-refractivity contribution < 1.29 is 18.7 Å².